The smallest absolute Gasteiger partial charge is 0.225 e. The Labute approximate surface area is 185 Å². The third-order valence-electron chi connectivity index (χ3n) is 5.29. The third kappa shape index (κ3) is 4.37. The molecule has 1 amide bonds. The molecule has 1 heterocycles. The number of phenolic OH excluding ortho intramolecular Hbond substituents is 1. The minimum atomic E-state index is -0.381. The second-order valence-electron chi connectivity index (χ2n) is 7.25. The summed E-state index contributed by atoms with van der Waals surface area (Å²) in [4.78, 5) is 12.5. The van der Waals surface area contributed by atoms with Crippen LogP contribution in [-0.4, -0.2) is 17.6 Å². The fraction of sp³-hybridized carbons (Fsp3) is 0.200. The Kier molecular flexibility index (Phi) is 6.15. The van der Waals surface area contributed by atoms with Gasteiger partial charge in [-0.05, 0) is 41.0 Å². The minimum absolute atomic E-state index is 0.0407. The first kappa shape index (κ1) is 20.8. The summed E-state index contributed by atoms with van der Waals surface area (Å²) in [5, 5.41) is 25.7. The molecule has 31 heavy (non-hydrogen) atoms. The molecule has 0 spiro atoms. The second-order valence-corrected chi connectivity index (χ2v) is 8.23. The lowest BCUT2D eigenvalue weighted by Crippen LogP contribution is -2.30. The Balaban J connectivity index is 1.66. The summed E-state index contributed by atoms with van der Waals surface area (Å²) in [6.07, 6.45) is 0.178. The molecule has 6 heteroatoms. The number of ether oxygens (including phenoxy) is 1. The molecule has 5 nitrogen and oxygen atoms in total. The number of rotatable bonds is 6. The van der Waals surface area contributed by atoms with E-state index in [2.05, 4.69) is 35.7 Å². The number of carbonyl (C=O) groups excluding carboxylic acids is 1. The van der Waals surface area contributed by atoms with Crippen molar-refractivity contribution in [3.63, 3.8) is 0 Å². The summed E-state index contributed by atoms with van der Waals surface area (Å²) in [5.74, 6) is 0.519. The summed E-state index contributed by atoms with van der Waals surface area (Å²) in [6.45, 7) is 2.25. The van der Waals surface area contributed by atoms with Crippen LogP contribution in [0.5, 0.6) is 11.5 Å². The van der Waals surface area contributed by atoms with Crippen molar-refractivity contribution < 1.29 is 14.6 Å². The number of hydrogen-bond acceptors (Lipinski definition) is 5. The van der Waals surface area contributed by atoms with Crippen LogP contribution in [0.3, 0.4) is 0 Å². The highest BCUT2D eigenvalue weighted by molar-refractivity contribution is 8.02. The molecule has 1 aliphatic rings. The van der Waals surface area contributed by atoms with Gasteiger partial charge in [-0.3, -0.25) is 4.79 Å². The first-order chi connectivity index (χ1) is 15.1. The van der Waals surface area contributed by atoms with Crippen molar-refractivity contribution in [2.75, 3.05) is 6.61 Å². The summed E-state index contributed by atoms with van der Waals surface area (Å²) >= 11 is 1.46. The van der Waals surface area contributed by atoms with Crippen molar-refractivity contribution >= 4 is 28.4 Å². The molecule has 2 N–H and O–H groups in total. The normalized spacial score (nSPS) is 16.1. The highest BCUT2D eigenvalue weighted by atomic mass is 32.2. The Morgan fingerprint density at radius 1 is 1.19 bits per heavy atom. The van der Waals surface area contributed by atoms with Crippen LogP contribution in [0.15, 0.2) is 71.3 Å². The van der Waals surface area contributed by atoms with E-state index in [9.17, 15) is 15.2 Å². The van der Waals surface area contributed by atoms with Gasteiger partial charge in [0.25, 0.3) is 0 Å². The Bertz CT molecular complexity index is 1210. The number of benzene rings is 3. The van der Waals surface area contributed by atoms with Crippen LogP contribution in [0.4, 0.5) is 0 Å². The second kappa shape index (κ2) is 9.15. The number of nitrogens with one attached hydrogen (secondary N) is 1. The molecule has 1 atom stereocenters. The van der Waals surface area contributed by atoms with Gasteiger partial charge in [0.2, 0.25) is 5.91 Å². The molecule has 0 saturated heterocycles. The van der Waals surface area contributed by atoms with E-state index in [4.69, 9.17) is 4.74 Å². The number of aromatic hydroxyl groups is 1. The van der Waals surface area contributed by atoms with E-state index in [0.717, 1.165) is 21.9 Å². The van der Waals surface area contributed by atoms with Crippen LogP contribution in [0.1, 0.15) is 30.4 Å². The van der Waals surface area contributed by atoms with Crippen LogP contribution in [0.2, 0.25) is 0 Å². The monoisotopic (exact) mass is 430 g/mol. The number of fused-ring (bicyclic) bond motifs is 1. The van der Waals surface area contributed by atoms with Gasteiger partial charge < -0.3 is 15.2 Å². The number of amides is 1. The number of nitrogens with zero attached hydrogens (tertiary/aromatic N) is 1. The molecular weight excluding hydrogens is 408 g/mol. The molecule has 0 aromatic heterocycles. The van der Waals surface area contributed by atoms with E-state index < -0.39 is 0 Å². The van der Waals surface area contributed by atoms with Gasteiger partial charge in [-0.25, -0.2) is 0 Å². The van der Waals surface area contributed by atoms with E-state index in [1.54, 1.807) is 18.2 Å². The van der Waals surface area contributed by atoms with Gasteiger partial charge in [-0.1, -0.05) is 48.5 Å². The maximum absolute atomic E-state index is 12.5. The van der Waals surface area contributed by atoms with Gasteiger partial charge in [0.1, 0.15) is 0 Å². The van der Waals surface area contributed by atoms with E-state index in [-0.39, 0.29) is 24.0 Å². The summed E-state index contributed by atoms with van der Waals surface area (Å²) < 4.78 is 5.48. The van der Waals surface area contributed by atoms with E-state index in [0.29, 0.717) is 28.7 Å². The van der Waals surface area contributed by atoms with Gasteiger partial charge >= 0.3 is 0 Å². The van der Waals surface area contributed by atoms with E-state index in [1.807, 2.05) is 25.1 Å². The predicted molar refractivity (Wildman–Crippen MR) is 123 cm³/mol. The lowest BCUT2D eigenvalue weighted by atomic mass is 9.87. The number of carbonyl (C=O) groups is 1. The number of hydrogen-bond donors (Lipinski definition) is 2. The third-order valence-corrected chi connectivity index (χ3v) is 6.36. The van der Waals surface area contributed by atoms with Crippen LogP contribution < -0.4 is 10.1 Å². The topological polar surface area (TPSA) is 82.3 Å². The van der Waals surface area contributed by atoms with Crippen LogP contribution in [0, 0.1) is 11.3 Å². The van der Waals surface area contributed by atoms with E-state index in [1.165, 1.54) is 11.8 Å². The average molecular weight is 431 g/mol. The van der Waals surface area contributed by atoms with Gasteiger partial charge in [-0.2, -0.15) is 5.26 Å². The zero-order valence-electron chi connectivity index (χ0n) is 17.1. The maximum Gasteiger partial charge on any atom is 0.225 e. The van der Waals surface area contributed by atoms with Crippen LogP contribution in [-0.2, 0) is 10.5 Å². The van der Waals surface area contributed by atoms with Crippen molar-refractivity contribution in [3.05, 3.63) is 82.4 Å². The summed E-state index contributed by atoms with van der Waals surface area (Å²) in [7, 11) is 0. The molecule has 0 saturated carbocycles. The van der Waals surface area contributed by atoms with Crippen molar-refractivity contribution in [1.82, 2.24) is 5.32 Å². The molecular formula is C25H22N2O3S. The van der Waals surface area contributed by atoms with Crippen LogP contribution >= 0.6 is 11.8 Å². The van der Waals surface area contributed by atoms with E-state index >= 15 is 0 Å². The quantitative estimate of drug-likeness (QED) is 0.561. The molecule has 1 aliphatic heterocycles. The molecule has 0 bridgehead atoms. The van der Waals surface area contributed by atoms with Crippen molar-refractivity contribution in [2.45, 2.75) is 25.0 Å². The predicted octanol–water partition coefficient (Wildman–Crippen LogP) is 5.22. The van der Waals surface area contributed by atoms with Gasteiger partial charge in [0.05, 0.1) is 23.3 Å². The molecule has 0 radical (unpaired) electrons. The average Bonchev–Trinajstić information content (AvgIpc) is 2.79. The fourth-order valence-electron chi connectivity index (χ4n) is 3.80. The van der Waals surface area contributed by atoms with Gasteiger partial charge in [0.15, 0.2) is 11.5 Å². The maximum atomic E-state index is 12.5. The summed E-state index contributed by atoms with van der Waals surface area (Å²) in [5.41, 5.74) is 2.45. The van der Waals surface area contributed by atoms with Crippen LogP contribution in [0.25, 0.3) is 10.8 Å². The van der Waals surface area contributed by atoms with Crippen molar-refractivity contribution in [3.8, 4) is 17.6 Å². The number of thioether (sulfide) groups is 1. The first-order valence-electron chi connectivity index (χ1n) is 10.1. The number of nitriles is 1. The highest BCUT2D eigenvalue weighted by Gasteiger charge is 2.30. The van der Waals surface area contributed by atoms with Crippen molar-refractivity contribution in [2.24, 2.45) is 0 Å². The Morgan fingerprint density at radius 3 is 2.81 bits per heavy atom. The molecule has 4 rings (SSSR count). The largest absolute Gasteiger partial charge is 0.504 e. The molecule has 3 aromatic carbocycles. The van der Waals surface area contributed by atoms with Crippen molar-refractivity contribution in [1.29, 1.82) is 5.26 Å². The van der Waals surface area contributed by atoms with Gasteiger partial charge in [-0.15, -0.1) is 11.8 Å². The lowest BCUT2D eigenvalue weighted by molar-refractivity contribution is -0.120. The summed E-state index contributed by atoms with van der Waals surface area (Å²) in [6, 6.07) is 21.6. The molecule has 0 fully saturated rings. The SMILES string of the molecule is CCOc1cc([C@H]2CC(=O)NC(SCc3cccc4ccccc34)=C2C#N)ccc1O. The molecule has 0 aliphatic carbocycles. The molecule has 156 valence electrons. The zero-order chi connectivity index (χ0) is 21.8. The Hall–Kier alpha value is -3.43. The zero-order valence-corrected chi connectivity index (χ0v) is 17.9. The van der Waals surface area contributed by atoms with Gasteiger partial charge in [0, 0.05) is 18.1 Å². The minimum Gasteiger partial charge on any atom is -0.504 e. The lowest BCUT2D eigenvalue weighted by Gasteiger charge is -2.25. The number of phenols is 1. The number of allylic oxidation sites excluding steroid dienone is 1. The Morgan fingerprint density at radius 2 is 2.00 bits per heavy atom. The molecule has 3 aromatic rings. The highest BCUT2D eigenvalue weighted by Crippen LogP contribution is 2.40. The first-order valence-corrected chi connectivity index (χ1v) is 11.1. The molecule has 0 unspecified atom stereocenters. The fourth-order valence-corrected chi connectivity index (χ4v) is 4.89. The standard InChI is InChI=1S/C25H22N2O3S/c1-2-30-23-12-17(10-11-22(23)28)20-13-24(29)27-25(21(20)14-26)31-15-18-8-5-7-16-6-3-4-9-19(16)18/h3-12,20,28H,2,13,15H2,1H3,(H,27,29)/t20-/m1/s1.